The van der Waals surface area contributed by atoms with E-state index >= 15 is 0 Å². The quantitative estimate of drug-likeness (QED) is 0.769. The number of H-pyrrole nitrogens is 1. The van der Waals surface area contributed by atoms with Gasteiger partial charge in [-0.3, -0.25) is 5.10 Å². The predicted molar refractivity (Wildman–Crippen MR) is 76.5 cm³/mol. The second kappa shape index (κ2) is 5.01. The zero-order valence-corrected chi connectivity index (χ0v) is 11.9. The summed E-state index contributed by atoms with van der Waals surface area (Å²) in [6.45, 7) is 0. The van der Waals surface area contributed by atoms with Gasteiger partial charge >= 0.3 is 0 Å². The van der Waals surface area contributed by atoms with Gasteiger partial charge in [0.15, 0.2) is 11.6 Å². The molecule has 0 atom stereocenters. The summed E-state index contributed by atoms with van der Waals surface area (Å²) in [6.07, 6.45) is 4.50. The van der Waals surface area contributed by atoms with Gasteiger partial charge < -0.3 is 14.7 Å². The maximum absolute atomic E-state index is 6.17. The normalized spacial score (nSPS) is 16.2. The molecule has 1 saturated carbocycles. The molecule has 0 unspecified atom stereocenters. The third-order valence-corrected chi connectivity index (χ3v) is 3.70. The first kappa shape index (κ1) is 13.8. The van der Waals surface area contributed by atoms with Gasteiger partial charge in [0.1, 0.15) is 11.4 Å². The summed E-state index contributed by atoms with van der Waals surface area (Å²) in [4.78, 5) is 4.36. The van der Waals surface area contributed by atoms with Crippen molar-refractivity contribution in [2.45, 2.75) is 24.8 Å². The maximum atomic E-state index is 6.17. The average Bonchev–Trinajstić information content (AvgIpc) is 3.13. The van der Waals surface area contributed by atoms with Crippen molar-refractivity contribution in [3.63, 3.8) is 0 Å². The summed E-state index contributed by atoms with van der Waals surface area (Å²) < 4.78 is 10.5. The van der Waals surface area contributed by atoms with Crippen LogP contribution in [0.2, 0.25) is 0 Å². The van der Waals surface area contributed by atoms with Crippen LogP contribution in [0.5, 0.6) is 0 Å². The first-order valence-corrected chi connectivity index (χ1v) is 6.47. The number of nitrogens with zero attached hydrogens (tertiary/aromatic N) is 3. The lowest BCUT2D eigenvalue weighted by atomic mass is 9.77. The van der Waals surface area contributed by atoms with Crippen molar-refractivity contribution in [2.75, 3.05) is 0 Å². The van der Waals surface area contributed by atoms with Crippen molar-refractivity contribution in [3.05, 3.63) is 30.3 Å². The first-order valence-electron chi connectivity index (χ1n) is 6.47. The number of aromatic nitrogens is 4. The van der Waals surface area contributed by atoms with Gasteiger partial charge in [0.05, 0.1) is 11.8 Å². The summed E-state index contributed by atoms with van der Waals surface area (Å²) >= 11 is 0. The summed E-state index contributed by atoms with van der Waals surface area (Å²) in [7, 11) is 0. The highest BCUT2D eigenvalue weighted by atomic mass is 35.5. The van der Waals surface area contributed by atoms with E-state index in [4.69, 9.17) is 14.7 Å². The third-order valence-electron chi connectivity index (χ3n) is 3.70. The number of hydrogen-bond acceptors (Lipinski definition) is 6. The average molecular weight is 308 g/mol. The number of furan rings is 1. The lowest BCUT2D eigenvalue weighted by Crippen LogP contribution is -2.44. The standard InChI is InChI=1S/C13H13N5O2.ClH/c14-13(4-2-5-13)12-15-11(20-18-12)9-7-8(16-17-9)10-3-1-6-19-10;/h1,3,6-7H,2,4-5,14H2,(H,16,17);1H. The Bertz CT molecular complexity index is 729. The van der Waals surface area contributed by atoms with Gasteiger partial charge in [0.25, 0.3) is 5.89 Å². The zero-order valence-electron chi connectivity index (χ0n) is 11.1. The minimum Gasteiger partial charge on any atom is -0.463 e. The lowest BCUT2D eigenvalue weighted by molar-refractivity contribution is 0.229. The van der Waals surface area contributed by atoms with Crippen LogP contribution in [0.15, 0.2) is 33.4 Å². The molecule has 1 aliphatic carbocycles. The molecular formula is C13H14ClN5O2. The molecule has 0 aromatic carbocycles. The smallest absolute Gasteiger partial charge is 0.276 e. The van der Waals surface area contributed by atoms with Crippen LogP contribution in [0.4, 0.5) is 0 Å². The molecule has 0 bridgehead atoms. The number of aromatic amines is 1. The molecule has 7 nitrogen and oxygen atoms in total. The Morgan fingerprint density at radius 2 is 2.19 bits per heavy atom. The molecule has 0 amide bonds. The third kappa shape index (κ3) is 2.24. The van der Waals surface area contributed by atoms with Gasteiger partial charge in [-0.1, -0.05) is 5.16 Å². The number of nitrogens with one attached hydrogen (secondary N) is 1. The highest BCUT2D eigenvalue weighted by molar-refractivity contribution is 5.85. The molecule has 0 radical (unpaired) electrons. The summed E-state index contributed by atoms with van der Waals surface area (Å²) in [6, 6.07) is 5.45. The monoisotopic (exact) mass is 307 g/mol. The van der Waals surface area contributed by atoms with Crippen molar-refractivity contribution in [1.82, 2.24) is 20.3 Å². The molecular weight excluding hydrogens is 294 g/mol. The Labute approximate surface area is 126 Å². The SMILES string of the molecule is Cl.NC1(c2noc(-c3cc(-c4ccco4)n[nH]3)n2)CCC1. The van der Waals surface area contributed by atoms with E-state index in [1.54, 1.807) is 12.3 Å². The second-order valence-corrected chi connectivity index (χ2v) is 5.08. The fourth-order valence-corrected chi connectivity index (χ4v) is 2.30. The van der Waals surface area contributed by atoms with E-state index in [2.05, 4.69) is 20.3 Å². The lowest BCUT2D eigenvalue weighted by Gasteiger charge is -2.34. The minimum atomic E-state index is -0.425. The van der Waals surface area contributed by atoms with Crippen molar-refractivity contribution < 1.29 is 8.94 Å². The highest BCUT2D eigenvalue weighted by Crippen LogP contribution is 2.37. The minimum absolute atomic E-state index is 0. The topological polar surface area (TPSA) is 107 Å². The largest absolute Gasteiger partial charge is 0.463 e. The molecule has 3 aromatic heterocycles. The van der Waals surface area contributed by atoms with E-state index in [0.717, 1.165) is 19.3 Å². The van der Waals surface area contributed by atoms with E-state index in [1.165, 1.54) is 0 Å². The molecule has 0 spiro atoms. The molecule has 8 heteroatoms. The van der Waals surface area contributed by atoms with Gasteiger partial charge in [0.2, 0.25) is 0 Å². The van der Waals surface area contributed by atoms with E-state index in [0.29, 0.717) is 28.9 Å². The fraction of sp³-hybridized carbons (Fsp3) is 0.308. The van der Waals surface area contributed by atoms with Crippen LogP contribution in [0, 0.1) is 0 Å². The van der Waals surface area contributed by atoms with E-state index in [1.807, 2.05) is 12.1 Å². The number of hydrogen-bond donors (Lipinski definition) is 2. The van der Waals surface area contributed by atoms with Crippen LogP contribution in [-0.4, -0.2) is 20.3 Å². The molecule has 110 valence electrons. The molecule has 0 aliphatic heterocycles. The predicted octanol–water partition coefficient (Wildman–Crippen LogP) is 2.48. The van der Waals surface area contributed by atoms with Gasteiger partial charge in [0, 0.05) is 6.07 Å². The van der Waals surface area contributed by atoms with E-state index in [9.17, 15) is 0 Å². The zero-order chi connectivity index (χ0) is 13.6. The van der Waals surface area contributed by atoms with Crippen LogP contribution in [-0.2, 0) is 5.54 Å². The van der Waals surface area contributed by atoms with Crippen LogP contribution in [0.25, 0.3) is 23.0 Å². The Hall–Kier alpha value is -2.12. The molecule has 1 fully saturated rings. The van der Waals surface area contributed by atoms with Crippen molar-refractivity contribution >= 4 is 12.4 Å². The summed E-state index contributed by atoms with van der Waals surface area (Å²) in [5.41, 5.74) is 7.09. The maximum Gasteiger partial charge on any atom is 0.276 e. The van der Waals surface area contributed by atoms with Crippen LogP contribution >= 0.6 is 12.4 Å². The molecule has 1 aliphatic rings. The summed E-state index contributed by atoms with van der Waals surface area (Å²) in [5, 5.41) is 11.0. The van der Waals surface area contributed by atoms with Gasteiger partial charge in [-0.2, -0.15) is 10.1 Å². The van der Waals surface area contributed by atoms with E-state index in [-0.39, 0.29) is 12.4 Å². The highest BCUT2D eigenvalue weighted by Gasteiger charge is 2.39. The number of halogens is 1. The second-order valence-electron chi connectivity index (χ2n) is 5.08. The van der Waals surface area contributed by atoms with E-state index < -0.39 is 5.54 Å². The Balaban J connectivity index is 0.00000132. The van der Waals surface area contributed by atoms with Crippen LogP contribution in [0.3, 0.4) is 0 Å². The number of nitrogens with two attached hydrogens (primary N) is 1. The molecule has 21 heavy (non-hydrogen) atoms. The molecule has 3 aromatic rings. The summed E-state index contributed by atoms with van der Waals surface area (Å²) in [5.74, 6) is 1.64. The fourth-order valence-electron chi connectivity index (χ4n) is 2.30. The molecule has 0 saturated heterocycles. The van der Waals surface area contributed by atoms with Crippen molar-refractivity contribution in [1.29, 1.82) is 0 Å². The van der Waals surface area contributed by atoms with Crippen LogP contribution < -0.4 is 5.73 Å². The van der Waals surface area contributed by atoms with Gasteiger partial charge in [-0.05, 0) is 31.4 Å². The molecule has 4 rings (SSSR count). The van der Waals surface area contributed by atoms with Crippen molar-refractivity contribution in [3.8, 4) is 23.0 Å². The van der Waals surface area contributed by atoms with Crippen LogP contribution in [0.1, 0.15) is 25.1 Å². The molecule has 3 heterocycles. The molecule has 3 N–H and O–H groups in total. The Morgan fingerprint density at radius 1 is 1.33 bits per heavy atom. The Morgan fingerprint density at radius 3 is 2.86 bits per heavy atom. The number of rotatable bonds is 3. The van der Waals surface area contributed by atoms with Crippen molar-refractivity contribution in [2.24, 2.45) is 5.73 Å². The van der Waals surface area contributed by atoms with Gasteiger partial charge in [-0.15, -0.1) is 12.4 Å². The van der Waals surface area contributed by atoms with Gasteiger partial charge in [-0.25, -0.2) is 0 Å². The Kier molecular flexibility index (Phi) is 3.30. The first-order chi connectivity index (χ1) is 9.74.